The van der Waals surface area contributed by atoms with Crippen molar-refractivity contribution in [3.05, 3.63) is 229 Å². The van der Waals surface area contributed by atoms with Gasteiger partial charge in [0, 0.05) is 38.2 Å². The molecule has 0 N–H and O–H groups in total. The van der Waals surface area contributed by atoms with Gasteiger partial charge < -0.3 is 8.98 Å². The Labute approximate surface area is 362 Å². The van der Waals surface area contributed by atoms with Crippen LogP contribution in [0, 0.1) is 0 Å². The summed E-state index contributed by atoms with van der Waals surface area (Å²) in [5.41, 5.74) is 17.3. The van der Waals surface area contributed by atoms with Crippen LogP contribution in [-0.4, -0.2) is 19.5 Å². The van der Waals surface area contributed by atoms with Gasteiger partial charge in [-0.3, -0.25) is 0 Å². The van der Waals surface area contributed by atoms with E-state index in [2.05, 4.69) is 168 Å². The number of fused-ring (bicyclic) bond motifs is 17. The van der Waals surface area contributed by atoms with Crippen molar-refractivity contribution in [1.29, 1.82) is 0 Å². The molecular formula is C58H34N4O. The van der Waals surface area contributed by atoms with E-state index >= 15 is 0 Å². The van der Waals surface area contributed by atoms with Crippen LogP contribution in [0.3, 0.4) is 0 Å². The molecule has 1 spiro atoms. The molecule has 14 rings (SSSR count). The molecule has 0 amide bonds. The van der Waals surface area contributed by atoms with E-state index in [-0.39, 0.29) is 0 Å². The number of rotatable bonds is 4. The minimum Gasteiger partial charge on any atom is -0.455 e. The lowest BCUT2D eigenvalue weighted by Gasteiger charge is -2.30. The molecule has 9 aromatic carbocycles. The predicted octanol–water partition coefficient (Wildman–Crippen LogP) is 14.2. The Morgan fingerprint density at radius 2 is 0.921 bits per heavy atom. The van der Waals surface area contributed by atoms with Crippen molar-refractivity contribution < 1.29 is 4.42 Å². The summed E-state index contributed by atoms with van der Waals surface area (Å²) in [5, 5.41) is 4.47. The molecule has 5 heteroatoms. The molecule has 0 aliphatic heterocycles. The van der Waals surface area contributed by atoms with Crippen molar-refractivity contribution >= 4 is 43.7 Å². The van der Waals surface area contributed by atoms with Gasteiger partial charge in [-0.25, -0.2) is 15.0 Å². The summed E-state index contributed by atoms with van der Waals surface area (Å²) in [5.74, 6) is 1.73. The first-order valence-electron chi connectivity index (χ1n) is 21.5. The van der Waals surface area contributed by atoms with E-state index in [4.69, 9.17) is 19.4 Å². The number of nitrogens with zero attached hydrogens (tertiary/aromatic N) is 4. The first-order chi connectivity index (χ1) is 31.3. The largest absolute Gasteiger partial charge is 0.455 e. The number of furan rings is 1. The number of hydrogen-bond acceptors (Lipinski definition) is 4. The lowest BCUT2D eigenvalue weighted by molar-refractivity contribution is 0.669. The molecule has 5 nitrogen and oxygen atoms in total. The average Bonchev–Trinajstić information content (AvgIpc) is 4.08. The van der Waals surface area contributed by atoms with Crippen molar-refractivity contribution in [2.45, 2.75) is 5.41 Å². The van der Waals surface area contributed by atoms with Crippen molar-refractivity contribution in [3.8, 4) is 62.1 Å². The molecule has 12 aromatic rings. The third-order valence-electron chi connectivity index (χ3n) is 13.5. The average molecular weight is 803 g/mol. The number of hydrogen-bond donors (Lipinski definition) is 0. The maximum Gasteiger partial charge on any atom is 0.167 e. The predicted molar refractivity (Wildman–Crippen MR) is 254 cm³/mol. The van der Waals surface area contributed by atoms with Gasteiger partial charge in [-0.2, -0.15) is 0 Å². The zero-order valence-electron chi connectivity index (χ0n) is 33.8. The Kier molecular flexibility index (Phi) is 6.97. The SMILES string of the molecule is c1ccc(-c2nc(-c3ccccc3-n3c4ccccc4c4ccc5c(c43)-c3ccccc3C53c4ccccc4-c4ccccc43)nc(-c3cccc4c3oc3ccccc34)n2)cc1. The van der Waals surface area contributed by atoms with Crippen LogP contribution in [0.15, 0.2) is 211 Å². The topological polar surface area (TPSA) is 56.7 Å². The Morgan fingerprint density at radius 1 is 0.365 bits per heavy atom. The highest BCUT2D eigenvalue weighted by atomic mass is 16.3. The molecule has 0 fully saturated rings. The minimum atomic E-state index is -0.473. The number of benzene rings is 9. The molecule has 2 aliphatic rings. The Bertz CT molecular complexity index is 3830. The van der Waals surface area contributed by atoms with E-state index in [0.717, 1.165) is 55.3 Å². The van der Waals surface area contributed by atoms with Gasteiger partial charge in [-0.05, 0) is 69.3 Å². The highest BCUT2D eigenvalue weighted by Crippen LogP contribution is 2.64. The van der Waals surface area contributed by atoms with E-state index in [1.54, 1.807) is 0 Å². The van der Waals surface area contributed by atoms with E-state index in [9.17, 15) is 0 Å². The molecule has 3 aromatic heterocycles. The van der Waals surface area contributed by atoms with Crippen molar-refractivity contribution in [1.82, 2.24) is 19.5 Å². The molecule has 2 aliphatic carbocycles. The summed E-state index contributed by atoms with van der Waals surface area (Å²) in [6, 6.07) is 73.7. The third-order valence-corrected chi connectivity index (χ3v) is 13.5. The van der Waals surface area contributed by atoms with Gasteiger partial charge in [0.1, 0.15) is 11.2 Å². The Morgan fingerprint density at radius 3 is 1.70 bits per heavy atom. The van der Waals surface area contributed by atoms with Gasteiger partial charge in [0.05, 0.1) is 27.7 Å². The monoisotopic (exact) mass is 802 g/mol. The van der Waals surface area contributed by atoms with E-state index < -0.39 is 5.41 Å². The van der Waals surface area contributed by atoms with Crippen LogP contribution < -0.4 is 0 Å². The molecule has 0 bridgehead atoms. The molecule has 292 valence electrons. The second kappa shape index (κ2) is 12.8. The molecule has 0 saturated heterocycles. The van der Waals surface area contributed by atoms with Crippen LogP contribution in [0.5, 0.6) is 0 Å². The fourth-order valence-corrected chi connectivity index (χ4v) is 11.0. The first-order valence-corrected chi connectivity index (χ1v) is 21.5. The van der Waals surface area contributed by atoms with Crippen molar-refractivity contribution in [3.63, 3.8) is 0 Å². The van der Waals surface area contributed by atoms with E-state index in [1.165, 1.54) is 55.3 Å². The molecule has 3 heterocycles. The minimum absolute atomic E-state index is 0.473. The van der Waals surface area contributed by atoms with E-state index in [1.807, 2.05) is 42.5 Å². The van der Waals surface area contributed by atoms with Gasteiger partial charge in [-0.1, -0.05) is 176 Å². The maximum atomic E-state index is 6.56. The lowest BCUT2D eigenvalue weighted by Crippen LogP contribution is -2.25. The molecule has 0 unspecified atom stereocenters. The quantitative estimate of drug-likeness (QED) is 0.178. The van der Waals surface area contributed by atoms with Gasteiger partial charge in [0.25, 0.3) is 0 Å². The van der Waals surface area contributed by atoms with Crippen LogP contribution in [0.4, 0.5) is 0 Å². The second-order valence-electron chi connectivity index (χ2n) is 16.6. The standard InChI is InChI=1S/C58H34N4O/c1-2-17-35(18-3-1)55-59-56(61-57(60-55)44-26-16-25-41-39-22-9-15-32-51(39)63-54(41)44)43-24-8-14-31-50(43)62-49-30-13-7-21-38(49)40-33-34-48-52(53(40)62)42-23-6-12-29-47(42)58(48)45-27-10-4-19-36(45)37-20-5-11-28-46(37)58/h1-34H. The third kappa shape index (κ3) is 4.57. The van der Waals surface area contributed by atoms with Gasteiger partial charge >= 0.3 is 0 Å². The summed E-state index contributed by atoms with van der Waals surface area (Å²) in [7, 11) is 0. The molecule has 0 atom stereocenters. The fraction of sp³-hybridized carbons (Fsp3) is 0.0172. The summed E-state index contributed by atoms with van der Waals surface area (Å²) in [6.07, 6.45) is 0. The van der Waals surface area contributed by atoms with Gasteiger partial charge in [0.2, 0.25) is 0 Å². The van der Waals surface area contributed by atoms with Crippen molar-refractivity contribution in [2.75, 3.05) is 0 Å². The first kappa shape index (κ1) is 34.3. The lowest BCUT2D eigenvalue weighted by atomic mass is 9.70. The van der Waals surface area contributed by atoms with Crippen LogP contribution in [0.1, 0.15) is 22.3 Å². The van der Waals surface area contributed by atoms with Crippen LogP contribution >= 0.6 is 0 Å². The Hall–Kier alpha value is -8.41. The highest BCUT2D eigenvalue weighted by molar-refractivity contribution is 6.17. The van der Waals surface area contributed by atoms with Crippen LogP contribution in [0.25, 0.3) is 106 Å². The highest BCUT2D eigenvalue weighted by Gasteiger charge is 2.52. The summed E-state index contributed by atoms with van der Waals surface area (Å²) >= 11 is 0. The summed E-state index contributed by atoms with van der Waals surface area (Å²) in [4.78, 5) is 15.8. The Balaban J connectivity index is 1.08. The van der Waals surface area contributed by atoms with Gasteiger partial charge in [-0.15, -0.1) is 0 Å². The summed E-state index contributed by atoms with van der Waals surface area (Å²) in [6.45, 7) is 0. The summed E-state index contributed by atoms with van der Waals surface area (Å²) < 4.78 is 9.02. The van der Waals surface area contributed by atoms with Crippen molar-refractivity contribution in [2.24, 2.45) is 0 Å². The number of aromatic nitrogens is 4. The molecular weight excluding hydrogens is 769 g/mol. The maximum absolute atomic E-state index is 6.56. The second-order valence-corrected chi connectivity index (χ2v) is 16.6. The van der Waals surface area contributed by atoms with Crippen LogP contribution in [-0.2, 0) is 5.41 Å². The molecule has 0 saturated carbocycles. The smallest absolute Gasteiger partial charge is 0.167 e. The van der Waals surface area contributed by atoms with E-state index in [0.29, 0.717) is 17.5 Å². The molecule has 63 heavy (non-hydrogen) atoms. The zero-order valence-corrected chi connectivity index (χ0v) is 33.8. The normalized spacial score (nSPS) is 13.2. The molecule has 0 radical (unpaired) electrons. The van der Waals surface area contributed by atoms with Gasteiger partial charge in [0.15, 0.2) is 17.5 Å². The zero-order chi connectivity index (χ0) is 41.2. The fourth-order valence-electron chi connectivity index (χ4n) is 11.0. The number of para-hydroxylation sites is 4. The van der Waals surface area contributed by atoms with Crippen LogP contribution in [0.2, 0.25) is 0 Å².